The Bertz CT molecular complexity index is 378. The first-order chi connectivity index (χ1) is 8.33. The SMILES string of the molecule is COc1ccc([C@@H](C)O)c(OCCC(C)(C)C)c1. The zero-order valence-corrected chi connectivity index (χ0v) is 12.0. The molecule has 0 spiro atoms. The number of methoxy groups -OCH3 is 1. The molecule has 1 aromatic carbocycles. The average molecular weight is 252 g/mol. The zero-order valence-electron chi connectivity index (χ0n) is 12.0. The molecule has 1 atom stereocenters. The van der Waals surface area contributed by atoms with Crippen LogP contribution < -0.4 is 9.47 Å². The van der Waals surface area contributed by atoms with E-state index in [9.17, 15) is 5.11 Å². The van der Waals surface area contributed by atoms with Crippen molar-refractivity contribution in [2.24, 2.45) is 5.41 Å². The van der Waals surface area contributed by atoms with Crippen LogP contribution >= 0.6 is 0 Å². The Kier molecular flexibility index (Phi) is 5.03. The van der Waals surface area contributed by atoms with E-state index in [0.717, 1.165) is 17.7 Å². The van der Waals surface area contributed by atoms with E-state index in [2.05, 4.69) is 20.8 Å². The van der Waals surface area contributed by atoms with Gasteiger partial charge in [0.2, 0.25) is 0 Å². The van der Waals surface area contributed by atoms with Crippen LogP contribution in [0.2, 0.25) is 0 Å². The van der Waals surface area contributed by atoms with Crippen LogP contribution in [-0.2, 0) is 0 Å². The molecule has 3 nitrogen and oxygen atoms in total. The third-order valence-electron chi connectivity index (χ3n) is 2.78. The summed E-state index contributed by atoms with van der Waals surface area (Å²) in [5.41, 5.74) is 1.04. The number of ether oxygens (including phenoxy) is 2. The Labute approximate surface area is 110 Å². The monoisotopic (exact) mass is 252 g/mol. The first-order valence-electron chi connectivity index (χ1n) is 6.32. The summed E-state index contributed by atoms with van der Waals surface area (Å²) in [6, 6.07) is 5.50. The summed E-state index contributed by atoms with van der Waals surface area (Å²) in [5.74, 6) is 1.44. The van der Waals surface area contributed by atoms with Gasteiger partial charge in [0.15, 0.2) is 0 Å². The lowest BCUT2D eigenvalue weighted by atomic mass is 9.93. The normalized spacial score (nSPS) is 13.2. The molecule has 0 aromatic heterocycles. The molecule has 0 radical (unpaired) electrons. The third-order valence-corrected chi connectivity index (χ3v) is 2.78. The van der Waals surface area contributed by atoms with E-state index in [4.69, 9.17) is 9.47 Å². The van der Waals surface area contributed by atoms with Crippen molar-refractivity contribution in [3.8, 4) is 11.5 Å². The van der Waals surface area contributed by atoms with Gasteiger partial charge in [-0.25, -0.2) is 0 Å². The zero-order chi connectivity index (χ0) is 13.8. The highest BCUT2D eigenvalue weighted by atomic mass is 16.5. The fraction of sp³-hybridized carbons (Fsp3) is 0.600. The van der Waals surface area contributed by atoms with E-state index in [1.54, 1.807) is 14.0 Å². The molecule has 102 valence electrons. The van der Waals surface area contributed by atoms with Crippen LogP contribution in [0.15, 0.2) is 18.2 Å². The third kappa shape index (κ3) is 4.57. The van der Waals surface area contributed by atoms with Gasteiger partial charge in [-0.2, -0.15) is 0 Å². The molecule has 0 saturated carbocycles. The lowest BCUT2D eigenvalue weighted by Crippen LogP contribution is -2.12. The molecule has 0 amide bonds. The Morgan fingerprint density at radius 1 is 1.28 bits per heavy atom. The lowest BCUT2D eigenvalue weighted by Gasteiger charge is -2.20. The van der Waals surface area contributed by atoms with Gasteiger partial charge in [0.1, 0.15) is 11.5 Å². The summed E-state index contributed by atoms with van der Waals surface area (Å²) in [6.45, 7) is 8.90. The molecule has 0 aliphatic rings. The summed E-state index contributed by atoms with van der Waals surface area (Å²) in [6.07, 6.45) is 0.421. The van der Waals surface area contributed by atoms with Crippen LogP contribution in [0.3, 0.4) is 0 Å². The quantitative estimate of drug-likeness (QED) is 0.870. The standard InChI is InChI=1S/C15H24O3/c1-11(16)13-7-6-12(17-5)10-14(13)18-9-8-15(2,3)4/h6-7,10-11,16H,8-9H2,1-5H3/t11-/m1/s1. The fourth-order valence-electron chi connectivity index (χ4n) is 1.58. The van der Waals surface area contributed by atoms with Gasteiger partial charge in [0.25, 0.3) is 0 Å². The first-order valence-corrected chi connectivity index (χ1v) is 6.32. The van der Waals surface area contributed by atoms with Crippen molar-refractivity contribution < 1.29 is 14.6 Å². The molecular weight excluding hydrogens is 228 g/mol. The van der Waals surface area contributed by atoms with Crippen molar-refractivity contribution in [1.29, 1.82) is 0 Å². The van der Waals surface area contributed by atoms with E-state index in [-0.39, 0.29) is 5.41 Å². The van der Waals surface area contributed by atoms with E-state index in [1.807, 2.05) is 18.2 Å². The van der Waals surface area contributed by atoms with Crippen LogP contribution in [0.4, 0.5) is 0 Å². The predicted octanol–water partition coefficient (Wildman–Crippen LogP) is 3.56. The molecule has 0 aliphatic heterocycles. The highest BCUT2D eigenvalue weighted by Gasteiger charge is 2.13. The number of aliphatic hydroxyl groups is 1. The number of aliphatic hydroxyl groups excluding tert-OH is 1. The van der Waals surface area contributed by atoms with Crippen molar-refractivity contribution in [3.05, 3.63) is 23.8 Å². The number of hydrogen-bond acceptors (Lipinski definition) is 3. The summed E-state index contributed by atoms with van der Waals surface area (Å²) < 4.78 is 11.0. The largest absolute Gasteiger partial charge is 0.497 e. The van der Waals surface area contributed by atoms with Crippen LogP contribution in [0.5, 0.6) is 11.5 Å². The molecule has 1 rings (SSSR count). The molecule has 0 heterocycles. The number of rotatable bonds is 5. The van der Waals surface area contributed by atoms with Gasteiger partial charge in [-0.1, -0.05) is 20.8 Å². The van der Waals surface area contributed by atoms with Crippen LogP contribution in [-0.4, -0.2) is 18.8 Å². The molecule has 1 aromatic rings. The van der Waals surface area contributed by atoms with Crippen LogP contribution in [0.25, 0.3) is 0 Å². The maximum atomic E-state index is 9.71. The minimum Gasteiger partial charge on any atom is -0.497 e. The minimum atomic E-state index is -0.541. The van der Waals surface area contributed by atoms with Crippen LogP contribution in [0.1, 0.15) is 45.8 Å². The molecule has 0 saturated heterocycles. The summed E-state index contributed by atoms with van der Waals surface area (Å²) in [4.78, 5) is 0. The van der Waals surface area contributed by atoms with Gasteiger partial charge in [-0.15, -0.1) is 0 Å². The van der Waals surface area contributed by atoms with Gasteiger partial charge in [-0.3, -0.25) is 0 Å². The van der Waals surface area contributed by atoms with E-state index in [0.29, 0.717) is 12.4 Å². The van der Waals surface area contributed by atoms with Crippen molar-refractivity contribution in [2.45, 2.75) is 40.2 Å². The molecule has 0 aliphatic carbocycles. The van der Waals surface area contributed by atoms with Gasteiger partial charge in [0.05, 0.1) is 19.8 Å². The number of hydrogen-bond donors (Lipinski definition) is 1. The average Bonchev–Trinajstić information content (AvgIpc) is 2.26. The Morgan fingerprint density at radius 2 is 1.94 bits per heavy atom. The first kappa shape index (κ1) is 14.8. The molecule has 18 heavy (non-hydrogen) atoms. The summed E-state index contributed by atoms with van der Waals surface area (Å²) in [5, 5.41) is 9.71. The smallest absolute Gasteiger partial charge is 0.128 e. The Balaban J connectivity index is 2.78. The van der Waals surface area contributed by atoms with Crippen molar-refractivity contribution in [2.75, 3.05) is 13.7 Å². The molecule has 1 N–H and O–H groups in total. The van der Waals surface area contributed by atoms with Crippen molar-refractivity contribution >= 4 is 0 Å². The lowest BCUT2D eigenvalue weighted by molar-refractivity contribution is 0.186. The highest BCUT2D eigenvalue weighted by molar-refractivity contribution is 5.41. The van der Waals surface area contributed by atoms with Gasteiger partial charge in [-0.05, 0) is 30.9 Å². The molecule has 0 fully saturated rings. The molecule has 3 heteroatoms. The predicted molar refractivity (Wildman–Crippen MR) is 73.2 cm³/mol. The van der Waals surface area contributed by atoms with Crippen molar-refractivity contribution in [1.82, 2.24) is 0 Å². The van der Waals surface area contributed by atoms with Crippen molar-refractivity contribution in [3.63, 3.8) is 0 Å². The second kappa shape index (κ2) is 6.10. The fourth-order valence-corrected chi connectivity index (χ4v) is 1.58. The minimum absolute atomic E-state index is 0.240. The maximum absolute atomic E-state index is 9.71. The van der Waals surface area contributed by atoms with E-state index >= 15 is 0 Å². The van der Waals surface area contributed by atoms with Gasteiger partial charge >= 0.3 is 0 Å². The van der Waals surface area contributed by atoms with E-state index in [1.165, 1.54) is 0 Å². The van der Waals surface area contributed by atoms with E-state index < -0.39 is 6.10 Å². The second-order valence-electron chi connectivity index (χ2n) is 5.74. The summed E-state index contributed by atoms with van der Waals surface area (Å²) >= 11 is 0. The Morgan fingerprint density at radius 3 is 2.44 bits per heavy atom. The van der Waals surface area contributed by atoms with Crippen LogP contribution in [0, 0.1) is 5.41 Å². The number of benzene rings is 1. The molecule has 0 unspecified atom stereocenters. The highest BCUT2D eigenvalue weighted by Crippen LogP contribution is 2.30. The summed E-state index contributed by atoms with van der Waals surface area (Å²) in [7, 11) is 1.62. The molecular formula is C15H24O3. The topological polar surface area (TPSA) is 38.7 Å². The van der Waals surface area contributed by atoms with Gasteiger partial charge in [0, 0.05) is 11.6 Å². The van der Waals surface area contributed by atoms with Gasteiger partial charge < -0.3 is 14.6 Å². The molecule has 0 bridgehead atoms. The Hall–Kier alpha value is -1.22. The second-order valence-corrected chi connectivity index (χ2v) is 5.74. The maximum Gasteiger partial charge on any atom is 0.128 e.